The first-order chi connectivity index (χ1) is 3.63. The minimum atomic E-state index is -3.01. The zero-order chi connectivity index (χ0) is 6.20. The first-order valence-corrected chi connectivity index (χ1v) is 3.83. The molecule has 0 saturated carbocycles. The molecule has 0 bridgehead atoms. The number of hydrogen-bond acceptors (Lipinski definition) is 3. The van der Waals surface area contributed by atoms with Crippen molar-refractivity contribution >= 4 is 10.0 Å². The molecule has 0 N–H and O–H groups in total. The van der Waals surface area contributed by atoms with Crippen LogP contribution in [0.3, 0.4) is 0 Å². The van der Waals surface area contributed by atoms with Crippen LogP contribution in [-0.2, 0) is 14.9 Å². The summed E-state index contributed by atoms with van der Waals surface area (Å²) in [5.41, 5.74) is 0. The summed E-state index contributed by atoms with van der Waals surface area (Å²) in [5, 5.41) is 0. The van der Waals surface area contributed by atoms with Gasteiger partial charge in [0.2, 0.25) is 10.0 Å². The van der Waals surface area contributed by atoms with E-state index in [-0.39, 0.29) is 5.75 Å². The molecule has 0 atom stereocenters. The monoisotopic (exact) mass is 137 g/mol. The van der Waals surface area contributed by atoms with Crippen molar-refractivity contribution in [2.24, 2.45) is 0 Å². The van der Waals surface area contributed by atoms with E-state index >= 15 is 0 Å². The molecule has 5 heteroatoms. The van der Waals surface area contributed by atoms with E-state index < -0.39 is 10.0 Å². The van der Waals surface area contributed by atoms with Crippen LogP contribution in [0, 0.1) is 0 Å². The summed E-state index contributed by atoms with van der Waals surface area (Å²) >= 11 is 0. The SMILES string of the molecule is CN1OCCS1(=O)=O. The molecule has 4 nitrogen and oxygen atoms in total. The lowest BCUT2D eigenvalue weighted by Gasteiger charge is -2.01. The summed E-state index contributed by atoms with van der Waals surface area (Å²) in [6, 6.07) is 0. The predicted molar refractivity (Wildman–Crippen MR) is 27.5 cm³/mol. The maximum Gasteiger partial charge on any atom is 0.238 e. The average molecular weight is 137 g/mol. The second-order valence-corrected chi connectivity index (χ2v) is 3.65. The van der Waals surface area contributed by atoms with E-state index in [0.717, 1.165) is 4.47 Å². The fourth-order valence-corrected chi connectivity index (χ4v) is 1.26. The van der Waals surface area contributed by atoms with Crippen LogP contribution in [0.4, 0.5) is 0 Å². The average Bonchev–Trinajstić information content (AvgIpc) is 1.86. The van der Waals surface area contributed by atoms with Gasteiger partial charge in [0.15, 0.2) is 0 Å². The van der Waals surface area contributed by atoms with Crippen molar-refractivity contribution in [3.63, 3.8) is 0 Å². The van der Waals surface area contributed by atoms with Gasteiger partial charge in [0.1, 0.15) is 0 Å². The van der Waals surface area contributed by atoms with E-state index in [2.05, 4.69) is 4.84 Å². The van der Waals surface area contributed by atoms with Crippen molar-refractivity contribution in [1.29, 1.82) is 0 Å². The van der Waals surface area contributed by atoms with Gasteiger partial charge in [0, 0.05) is 7.05 Å². The van der Waals surface area contributed by atoms with Gasteiger partial charge in [-0.25, -0.2) is 8.42 Å². The van der Waals surface area contributed by atoms with E-state index in [1.165, 1.54) is 7.05 Å². The van der Waals surface area contributed by atoms with Crippen LogP contribution in [0.2, 0.25) is 0 Å². The predicted octanol–water partition coefficient (Wildman–Crippen LogP) is -0.807. The van der Waals surface area contributed by atoms with Gasteiger partial charge in [-0.15, -0.1) is 0 Å². The van der Waals surface area contributed by atoms with Crippen molar-refractivity contribution in [3.05, 3.63) is 0 Å². The molecule has 1 aliphatic heterocycles. The number of hydrogen-bond donors (Lipinski definition) is 0. The van der Waals surface area contributed by atoms with Crippen molar-refractivity contribution in [2.45, 2.75) is 0 Å². The minimum absolute atomic E-state index is 0.115. The zero-order valence-corrected chi connectivity index (χ0v) is 5.31. The molecule has 0 radical (unpaired) electrons. The third-order valence-corrected chi connectivity index (χ3v) is 2.58. The molecule has 0 aliphatic carbocycles. The molecule has 0 aromatic rings. The van der Waals surface area contributed by atoms with E-state index in [0.29, 0.717) is 6.61 Å². The summed E-state index contributed by atoms with van der Waals surface area (Å²) < 4.78 is 22.0. The normalized spacial score (nSPS) is 28.6. The summed E-state index contributed by atoms with van der Waals surface area (Å²) in [5.74, 6) is 0.115. The molecule has 0 aromatic heterocycles. The van der Waals surface area contributed by atoms with Crippen LogP contribution in [0.5, 0.6) is 0 Å². The van der Waals surface area contributed by atoms with E-state index in [4.69, 9.17) is 0 Å². The van der Waals surface area contributed by atoms with Gasteiger partial charge in [-0.2, -0.15) is 0 Å². The highest BCUT2D eigenvalue weighted by molar-refractivity contribution is 7.89. The van der Waals surface area contributed by atoms with Gasteiger partial charge in [0.25, 0.3) is 0 Å². The number of rotatable bonds is 0. The third-order valence-electron chi connectivity index (χ3n) is 1.01. The molecule has 0 unspecified atom stereocenters. The second kappa shape index (κ2) is 1.68. The third kappa shape index (κ3) is 0.841. The number of hydroxylamine groups is 1. The molecular formula is C3H7NO3S. The Hall–Kier alpha value is -0.130. The quantitative estimate of drug-likeness (QED) is 0.439. The van der Waals surface area contributed by atoms with Crippen molar-refractivity contribution < 1.29 is 13.3 Å². The minimum Gasteiger partial charge on any atom is -0.283 e. The second-order valence-electron chi connectivity index (χ2n) is 1.56. The lowest BCUT2D eigenvalue weighted by Crippen LogP contribution is -2.18. The Kier molecular flexibility index (Phi) is 1.26. The zero-order valence-electron chi connectivity index (χ0n) is 4.49. The van der Waals surface area contributed by atoms with Gasteiger partial charge in [-0.3, -0.25) is 4.84 Å². The molecule has 0 amide bonds. The highest BCUT2D eigenvalue weighted by Crippen LogP contribution is 2.05. The van der Waals surface area contributed by atoms with Crippen LogP contribution >= 0.6 is 0 Å². The molecular weight excluding hydrogens is 130 g/mol. The summed E-state index contributed by atoms with van der Waals surface area (Å²) in [6.45, 7) is 0.291. The van der Waals surface area contributed by atoms with Gasteiger partial charge in [-0.1, -0.05) is 4.47 Å². The van der Waals surface area contributed by atoms with Crippen molar-refractivity contribution in [3.8, 4) is 0 Å². The summed E-state index contributed by atoms with van der Waals surface area (Å²) in [6.07, 6.45) is 0. The number of nitrogens with zero attached hydrogens (tertiary/aromatic N) is 1. The maximum absolute atomic E-state index is 10.6. The van der Waals surface area contributed by atoms with Crippen LogP contribution in [0.25, 0.3) is 0 Å². The molecule has 1 heterocycles. The van der Waals surface area contributed by atoms with Crippen molar-refractivity contribution in [1.82, 2.24) is 4.47 Å². The van der Waals surface area contributed by atoms with Crippen molar-refractivity contribution in [2.75, 3.05) is 19.4 Å². The smallest absolute Gasteiger partial charge is 0.238 e. The highest BCUT2D eigenvalue weighted by atomic mass is 32.2. The molecule has 8 heavy (non-hydrogen) atoms. The van der Waals surface area contributed by atoms with E-state index in [9.17, 15) is 8.42 Å². The number of sulfonamides is 1. The highest BCUT2D eigenvalue weighted by Gasteiger charge is 2.24. The Balaban J connectivity index is 2.85. The lowest BCUT2D eigenvalue weighted by atomic mass is 10.9. The fraction of sp³-hybridized carbons (Fsp3) is 1.00. The molecule has 48 valence electrons. The fourth-order valence-electron chi connectivity index (χ4n) is 0.480. The molecule has 1 fully saturated rings. The summed E-state index contributed by atoms with van der Waals surface area (Å²) in [7, 11) is -1.62. The van der Waals surface area contributed by atoms with Crippen LogP contribution < -0.4 is 0 Å². The van der Waals surface area contributed by atoms with Gasteiger partial charge >= 0.3 is 0 Å². The Morgan fingerprint density at radius 3 is 2.38 bits per heavy atom. The van der Waals surface area contributed by atoms with Crippen LogP contribution in [-0.4, -0.2) is 32.3 Å². The molecule has 1 aliphatic rings. The van der Waals surface area contributed by atoms with Gasteiger partial charge in [0.05, 0.1) is 12.4 Å². The standard InChI is InChI=1S/C3H7NO3S/c1-4-7-2-3-8(4,5)6/h2-3H2,1H3. The lowest BCUT2D eigenvalue weighted by molar-refractivity contribution is -0.0361. The summed E-state index contributed by atoms with van der Waals surface area (Å²) in [4.78, 5) is 4.61. The Labute approximate surface area is 48.1 Å². The Morgan fingerprint density at radius 2 is 2.25 bits per heavy atom. The van der Waals surface area contributed by atoms with Crippen LogP contribution in [0.1, 0.15) is 0 Å². The van der Waals surface area contributed by atoms with Crippen LogP contribution in [0.15, 0.2) is 0 Å². The Bertz CT molecular complexity index is 173. The first kappa shape index (κ1) is 6.00. The largest absolute Gasteiger partial charge is 0.283 e. The van der Waals surface area contributed by atoms with Gasteiger partial charge < -0.3 is 0 Å². The molecule has 0 aromatic carbocycles. The Morgan fingerprint density at radius 1 is 1.62 bits per heavy atom. The molecule has 1 saturated heterocycles. The molecule has 0 spiro atoms. The first-order valence-electron chi connectivity index (χ1n) is 2.22. The maximum atomic E-state index is 10.6. The van der Waals surface area contributed by atoms with E-state index in [1.54, 1.807) is 0 Å². The van der Waals surface area contributed by atoms with Gasteiger partial charge in [-0.05, 0) is 0 Å². The topological polar surface area (TPSA) is 46.6 Å². The molecule has 1 rings (SSSR count). The van der Waals surface area contributed by atoms with E-state index in [1.807, 2.05) is 0 Å².